The molecule has 0 fully saturated rings. The second kappa shape index (κ2) is 5.77. The van der Waals surface area contributed by atoms with E-state index in [1.54, 1.807) is 0 Å². The lowest BCUT2D eigenvalue weighted by atomic mass is 10.0. The molecular formula is C13H13BrClNO3S. The molecular weight excluding hydrogens is 366 g/mol. The lowest BCUT2D eigenvalue weighted by Gasteiger charge is -2.15. The molecule has 0 aliphatic carbocycles. The van der Waals surface area contributed by atoms with Crippen LogP contribution in [0.2, 0.25) is 5.15 Å². The molecule has 2 aromatic rings. The summed E-state index contributed by atoms with van der Waals surface area (Å²) in [4.78, 5) is 4.35. The van der Waals surface area contributed by atoms with Crippen molar-refractivity contribution in [2.75, 3.05) is 13.2 Å². The number of aromatic nitrogens is 1. The van der Waals surface area contributed by atoms with Gasteiger partial charge in [-0.15, -0.1) is 11.3 Å². The standard InChI is InChI=1S/C13H13BrClNO3S/c1-2-18-13(17)8-6-4-3-5-19-9-7(6)10(12(15)16-8)20-11(9)14/h13,17H,2-5H2,1H3. The van der Waals surface area contributed by atoms with Crippen LogP contribution in [0.5, 0.6) is 5.75 Å². The molecule has 0 spiro atoms. The highest BCUT2D eigenvalue weighted by atomic mass is 79.9. The van der Waals surface area contributed by atoms with E-state index in [2.05, 4.69) is 20.9 Å². The van der Waals surface area contributed by atoms with E-state index in [0.717, 1.165) is 38.0 Å². The van der Waals surface area contributed by atoms with E-state index in [9.17, 15) is 5.11 Å². The second-order valence-corrected chi connectivity index (χ2v) is 7.13. The molecule has 0 bridgehead atoms. The SMILES string of the molecule is CCOC(O)c1nc(Cl)c2sc(Br)c3c2c1CCCO3. The Kier molecular flexibility index (Phi) is 4.19. The minimum Gasteiger partial charge on any atom is -0.491 e. The molecule has 20 heavy (non-hydrogen) atoms. The highest BCUT2D eigenvalue weighted by Gasteiger charge is 2.26. The molecule has 0 amide bonds. The van der Waals surface area contributed by atoms with Crippen molar-refractivity contribution in [1.29, 1.82) is 0 Å². The summed E-state index contributed by atoms with van der Waals surface area (Å²) in [5, 5.41) is 11.5. The largest absolute Gasteiger partial charge is 0.491 e. The Labute approximate surface area is 133 Å². The fraction of sp³-hybridized carbons (Fsp3) is 0.462. The summed E-state index contributed by atoms with van der Waals surface area (Å²) >= 11 is 11.3. The van der Waals surface area contributed by atoms with Gasteiger partial charge in [0.25, 0.3) is 0 Å². The van der Waals surface area contributed by atoms with Gasteiger partial charge in [-0.05, 0) is 41.3 Å². The molecule has 4 nitrogen and oxygen atoms in total. The number of thiophene rings is 1. The normalized spacial score (nSPS) is 16.0. The van der Waals surface area contributed by atoms with Crippen LogP contribution in [0.3, 0.4) is 0 Å². The first kappa shape index (κ1) is 14.5. The minimum atomic E-state index is -1.05. The van der Waals surface area contributed by atoms with Gasteiger partial charge in [-0.25, -0.2) is 4.98 Å². The van der Waals surface area contributed by atoms with Crippen molar-refractivity contribution in [2.45, 2.75) is 26.1 Å². The van der Waals surface area contributed by atoms with Gasteiger partial charge in [0, 0.05) is 12.0 Å². The number of aliphatic hydroxyl groups is 1. The first-order valence-electron chi connectivity index (χ1n) is 6.36. The van der Waals surface area contributed by atoms with E-state index < -0.39 is 6.29 Å². The number of halogens is 2. The van der Waals surface area contributed by atoms with Crippen LogP contribution in [0.25, 0.3) is 10.1 Å². The maximum atomic E-state index is 10.1. The minimum absolute atomic E-state index is 0.375. The maximum absolute atomic E-state index is 10.1. The Hall–Kier alpha value is -0.400. The number of ether oxygens (including phenoxy) is 2. The summed E-state index contributed by atoms with van der Waals surface area (Å²) in [5.74, 6) is 0.798. The van der Waals surface area contributed by atoms with Crippen molar-refractivity contribution >= 4 is 49.0 Å². The van der Waals surface area contributed by atoms with E-state index in [1.807, 2.05) is 6.92 Å². The zero-order valence-electron chi connectivity index (χ0n) is 10.8. The monoisotopic (exact) mass is 377 g/mol. The van der Waals surface area contributed by atoms with Gasteiger partial charge in [0.2, 0.25) is 0 Å². The molecule has 1 atom stereocenters. The first-order chi connectivity index (χ1) is 9.63. The van der Waals surface area contributed by atoms with Crippen LogP contribution in [0.15, 0.2) is 3.79 Å². The second-order valence-electron chi connectivity index (χ2n) is 4.44. The summed E-state index contributed by atoms with van der Waals surface area (Å²) in [6, 6.07) is 0. The summed E-state index contributed by atoms with van der Waals surface area (Å²) in [6.07, 6.45) is 0.605. The van der Waals surface area contributed by atoms with Crippen LogP contribution < -0.4 is 4.74 Å². The molecule has 3 heterocycles. The molecule has 2 aromatic heterocycles. The maximum Gasteiger partial charge on any atom is 0.198 e. The number of rotatable bonds is 3. The molecule has 1 unspecified atom stereocenters. The van der Waals surface area contributed by atoms with Crippen LogP contribution in [-0.4, -0.2) is 23.3 Å². The van der Waals surface area contributed by atoms with E-state index in [4.69, 9.17) is 21.1 Å². The highest BCUT2D eigenvalue weighted by molar-refractivity contribution is 9.11. The van der Waals surface area contributed by atoms with Crippen molar-refractivity contribution in [3.8, 4) is 5.75 Å². The molecule has 0 saturated carbocycles. The van der Waals surface area contributed by atoms with Crippen LogP contribution in [-0.2, 0) is 11.2 Å². The number of pyridine rings is 1. The Morgan fingerprint density at radius 3 is 3.15 bits per heavy atom. The fourth-order valence-corrected chi connectivity index (χ4v) is 4.39. The van der Waals surface area contributed by atoms with Crippen molar-refractivity contribution in [3.05, 3.63) is 20.2 Å². The van der Waals surface area contributed by atoms with Gasteiger partial charge in [-0.2, -0.15) is 0 Å². The lowest BCUT2D eigenvalue weighted by Crippen LogP contribution is -2.09. The van der Waals surface area contributed by atoms with Gasteiger partial charge in [-0.1, -0.05) is 11.6 Å². The summed E-state index contributed by atoms with van der Waals surface area (Å²) in [5.41, 5.74) is 1.47. The number of hydrogen-bond donors (Lipinski definition) is 1. The number of nitrogens with zero attached hydrogens (tertiary/aromatic N) is 1. The summed E-state index contributed by atoms with van der Waals surface area (Å²) < 4.78 is 12.9. The average molecular weight is 379 g/mol. The molecule has 1 aliphatic rings. The third-order valence-corrected chi connectivity index (χ3v) is 5.41. The predicted molar refractivity (Wildman–Crippen MR) is 82.7 cm³/mol. The average Bonchev–Trinajstić information content (AvgIpc) is 2.61. The van der Waals surface area contributed by atoms with Gasteiger partial charge in [0.1, 0.15) is 14.6 Å². The van der Waals surface area contributed by atoms with Crippen molar-refractivity contribution in [3.63, 3.8) is 0 Å². The Morgan fingerprint density at radius 2 is 2.40 bits per heavy atom. The molecule has 108 valence electrons. The van der Waals surface area contributed by atoms with Crippen molar-refractivity contribution in [2.24, 2.45) is 0 Å². The quantitative estimate of drug-likeness (QED) is 0.646. The number of aryl methyl sites for hydroxylation is 1. The molecule has 3 rings (SSSR count). The van der Waals surface area contributed by atoms with E-state index in [1.165, 1.54) is 11.3 Å². The zero-order chi connectivity index (χ0) is 14.3. The number of hydrogen-bond acceptors (Lipinski definition) is 5. The summed E-state index contributed by atoms with van der Waals surface area (Å²) in [6.45, 7) is 2.88. The molecule has 1 N–H and O–H groups in total. The van der Waals surface area contributed by atoms with E-state index in [0.29, 0.717) is 24.1 Å². The Morgan fingerprint density at radius 1 is 1.60 bits per heavy atom. The summed E-state index contributed by atoms with van der Waals surface area (Å²) in [7, 11) is 0. The smallest absolute Gasteiger partial charge is 0.198 e. The lowest BCUT2D eigenvalue weighted by molar-refractivity contribution is -0.101. The Bertz CT molecular complexity index is 661. The predicted octanol–water partition coefficient (Wildman–Crippen LogP) is 4.06. The van der Waals surface area contributed by atoms with E-state index in [-0.39, 0.29) is 0 Å². The van der Waals surface area contributed by atoms with Crippen LogP contribution in [0.4, 0.5) is 0 Å². The van der Waals surface area contributed by atoms with Gasteiger partial charge in [0.15, 0.2) is 12.0 Å². The van der Waals surface area contributed by atoms with Crippen LogP contribution in [0, 0.1) is 0 Å². The topological polar surface area (TPSA) is 51.6 Å². The van der Waals surface area contributed by atoms with E-state index >= 15 is 0 Å². The van der Waals surface area contributed by atoms with Gasteiger partial charge >= 0.3 is 0 Å². The van der Waals surface area contributed by atoms with Gasteiger partial charge in [0.05, 0.1) is 11.3 Å². The molecule has 0 saturated heterocycles. The third kappa shape index (κ3) is 2.33. The molecule has 0 aromatic carbocycles. The number of aliphatic hydroxyl groups excluding tert-OH is 1. The van der Waals surface area contributed by atoms with Crippen molar-refractivity contribution < 1.29 is 14.6 Å². The molecule has 7 heteroatoms. The van der Waals surface area contributed by atoms with Gasteiger partial charge in [-0.3, -0.25) is 0 Å². The highest BCUT2D eigenvalue weighted by Crippen LogP contribution is 2.48. The van der Waals surface area contributed by atoms with Gasteiger partial charge < -0.3 is 14.6 Å². The van der Waals surface area contributed by atoms with Crippen LogP contribution in [0.1, 0.15) is 30.9 Å². The molecule has 0 radical (unpaired) electrons. The first-order valence-corrected chi connectivity index (χ1v) is 8.35. The fourth-order valence-electron chi connectivity index (χ4n) is 2.41. The third-order valence-electron chi connectivity index (χ3n) is 3.22. The molecule has 1 aliphatic heterocycles. The van der Waals surface area contributed by atoms with Crippen molar-refractivity contribution in [1.82, 2.24) is 4.98 Å². The van der Waals surface area contributed by atoms with Crippen LogP contribution >= 0.6 is 38.9 Å². The Balaban J connectivity index is 2.28. The zero-order valence-corrected chi connectivity index (χ0v) is 13.9.